The molecule has 0 saturated heterocycles. The van der Waals surface area contributed by atoms with Crippen LogP contribution < -0.4 is 77.6 Å². The number of hydrogen-bond acceptors (Lipinski definition) is 13. The summed E-state index contributed by atoms with van der Waals surface area (Å²) in [5.74, 6) is 6.20. The molecule has 0 amide bonds. The highest BCUT2D eigenvalue weighted by Gasteiger charge is 2.40. The van der Waals surface area contributed by atoms with Gasteiger partial charge in [0.2, 0.25) is 23.0 Å². The van der Waals surface area contributed by atoms with Gasteiger partial charge in [-0.3, -0.25) is 0 Å². The molecule has 346 valence electrons. The Morgan fingerprint density at radius 2 is 0.413 bits per heavy atom. The SMILES string of the molecule is CCOc1ccc([Si](O[Si](c2ccc(OCC)c(OCC)c2OCC)c2ccc(OCC)c(OCC)c2OCC)c2ccc(OCC)c(OCC)c2OCC)c(OCC)c1OCC. The van der Waals surface area contributed by atoms with E-state index >= 15 is 0 Å². The monoisotopic (exact) mass is 908 g/mol. The number of rotatable bonds is 30. The highest BCUT2D eigenvalue weighted by atomic mass is 28.4. The Morgan fingerprint density at radius 3 is 0.587 bits per heavy atom. The van der Waals surface area contributed by atoms with Crippen molar-refractivity contribution < 1.29 is 61.0 Å². The van der Waals surface area contributed by atoms with E-state index < -0.39 is 18.1 Å². The maximum absolute atomic E-state index is 7.97. The minimum absolute atomic E-state index is 0.345. The van der Waals surface area contributed by atoms with Crippen molar-refractivity contribution in [3.63, 3.8) is 0 Å². The summed E-state index contributed by atoms with van der Waals surface area (Å²) in [6.07, 6.45) is 0. The molecule has 4 rings (SSSR count). The molecule has 0 aromatic heterocycles. The summed E-state index contributed by atoms with van der Waals surface area (Å²) >= 11 is 0. The van der Waals surface area contributed by atoms with E-state index in [4.69, 9.17) is 61.0 Å². The fourth-order valence-corrected chi connectivity index (χ4v) is 12.5. The van der Waals surface area contributed by atoms with Gasteiger partial charge in [0.15, 0.2) is 46.0 Å². The van der Waals surface area contributed by atoms with Crippen molar-refractivity contribution in [2.75, 3.05) is 79.3 Å². The fourth-order valence-electron chi connectivity index (χ4n) is 6.86. The molecule has 4 aromatic rings. The molecule has 63 heavy (non-hydrogen) atoms. The molecule has 0 N–H and O–H groups in total. The van der Waals surface area contributed by atoms with E-state index in [1.165, 1.54) is 0 Å². The van der Waals surface area contributed by atoms with Crippen molar-refractivity contribution >= 4 is 38.8 Å². The van der Waals surface area contributed by atoms with Crippen LogP contribution in [0.4, 0.5) is 0 Å². The normalized spacial score (nSPS) is 11.0. The van der Waals surface area contributed by atoms with Gasteiger partial charge in [-0.05, 0) is 107 Å². The van der Waals surface area contributed by atoms with Gasteiger partial charge in [0, 0.05) is 20.7 Å². The van der Waals surface area contributed by atoms with Crippen LogP contribution in [0.5, 0.6) is 69.0 Å². The Kier molecular flexibility index (Phi) is 21.2. The fraction of sp³-hybridized carbons (Fsp3) is 0.500. The average molecular weight is 909 g/mol. The Morgan fingerprint density at radius 1 is 0.238 bits per heavy atom. The maximum atomic E-state index is 7.97. The van der Waals surface area contributed by atoms with Gasteiger partial charge in [0.1, 0.15) is 0 Å². The van der Waals surface area contributed by atoms with Crippen LogP contribution in [0.3, 0.4) is 0 Å². The second-order valence-electron chi connectivity index (χ2n) is 13.0. The van der Waals surface area contributed by atoms with Crippen LogP contribution in [-0.4, -0.2) is 97.4 Å². The van der Waals surface area contributed by atoms with Crippen LogP contribution in [0.15, 0.2) is 48.5 Å². The Hall–Kier alpha value is -5.13. The lowest BCUT2D eigenvalue weighted by atomic mass is 10.2. The molecule has 0 saturated carbocycles. The third kappa shape index (κ3) is 12.1. The first-order chi connectivity index (χ1) is 30.8. The molecule has 4 aromatic carbocycles. The van der Waals surface area contributed by atoms with E-state index in [-0.39, 0.29) is 0 Å². The highest BCUT2D eigenvalue weighted by Crippen LogP contribution is 2.42. The number of hydrogen-bond donors (Lipinski definition) is 0. The van der Waals surface area contributed by atoms with Crippen molar-refractivity contribution in [1.29, 1.82) is 0 Å². The maximum Gasteiger partial charge on any atom is 0.280 e. The summed E-state index contributed by atoms with van der Waals surface area (Å²) in [7, 11) is -5.04. The van der Waals surface area contributed by atoms with E-state index in [0.29, 0.717) is 148 Å². The summed E-state index contributed by atoms with van der Waals surface area (Å²) in [6.45, 7) is 27.8. The summed E-state index contributed by atoms with van der Waals surface area (Å²) in [5.41, 5.74) is 0. The molecule has 0 unspecified atom stereocenters. The summed E-state index contributed by atoms with van der Waals surface area (Å²) in [6, 6.07) is 15.7. The lowest BCUT2D eigenvalue weighted by Gasteiger charge is -2.30. The van der Waals surface area contributed by atoms with Crippen molar-refractivity contribution in [2.24, 2.45) is 0 Å². The number of ether oxygens (including phenoxy) is 12. The molecule has 0 aliphatic rings. The smallest absolute Gasteiger partial charge is 0.280 e. The molecule has 0 bridgehead atoms. The quantitative estimate of drug-likeness (QED) is 0.0484. The first kappa shape index (κ1) is 50.5. The van der Waals surface area contributed by atoms with Gasteiger partial charge in [-0.2, -0.15) is 0 Å². The van der Waals surface area contributed by atoms with Gasteiger partial charge in [0.05, 0.1) is 79.3 Å². The van der Waals surface area contributed by atoms with Crippen molar-refractivity contribution in [1.82, 2.24) is 0 Å². The second-order valence-corrected chi connectivity index (χ2v) is 17.3. The van der Waals surface area contributed by atoms with E-state index in [2.05, 4.69) is 0 Å². The highest BCUT2D eigenvalue weighted by molar-refractivity contribution is 6.93. The summed E-state index contributed by atoms with van der Waals surface area (Å²) < 4.78 is 84.3. The first-order valence-corrected chi connectivity index (χ1v) is 25.3. The average Bonchev–Trinajstić information content (AvgIpc) is 3.27. The third-order valence-electron chi connectivity index (χ3n) is 9.00. The molecule has 0 fully saturated rings. The predicted molar refractivity (Wildman–Crippen MR) is 251 cm³/mol. The molecule has 0 spiro atoms. The zero-order chi connectivity index (χ0) is 45.7. The molecule has 0 aliphatic carbocycles. The van der Waals surface area contributed by atoms with Gasteiger partial charge in [-0.15, -0.1) is 0 Å². The first-order valence-electron chi connectivity index (χ1n) is 22.4. The standard InChI is InChI=1S/C48H68O13Si2/c1-13-49-33-25-29-37(45(57-21-9)41(33)53-17-5)62(38-30-26-34(50-14-2)42(54-18-6)46(38)58-22-10)61-63(39-31-27-35(51-15-3)43(55-19-7)47(39)59-23-11)40-32-28-36(52-16-4)44(56-20-8)48(40)60-24-12/h25-32H,13-24H2,1-12H3. The van der Waals surface area contributed by atoms with Crippen LogP contribution in [-0.2, 0) is 4.12 Å². The van der Waals surface area contributed by atoms with Crippen LogP contribution in [0.2, 0.25) is 0 Å². The number of benzene rings is 4. The third-order valence-corrected chi connectivity index (χ3v) is 14.2. The lowest BCUT2D eigenvalue weighted by Crippen LogP contribution is -2.57. The van der Waals surface area contributed by atoms with Crippen molar-refractivity contribution in [2.45, 2.75) is 83.1 Å². The van der Waals surface area contributed by atoms with Crippen molar-refractivity contribution in [3.8, 4) is 69.0 Å². The molecule has 0 heterocycles. The van der Waals surface area contributed by atoms with E-state index in [9.17, 15) is 0 Å². The van der Waals surface area contributed by atoms with E-state index in [1.54, 1.807) is 0 Å². The lowest BCUT2D eigenvalue weighted by molar-refractivity contribution is 0.261. The van der Waals surface area contributed by atoms with Gasteiger partial charge in [-0.1, -0.05) is 24.3 Å². The Bertz CT molecular complexity index is 1730. The van der Waals surface area contributed by atoms with Crippen molar-refractivity contribution in [3.05, 3.63) is 48.5 Å². The largest absolute Gasteiger partial charge is 0.490 e. The molecule has 15 heteroatoms. The van der Waals surface area contributed by atoms with Gasteiger partial charge in [-0.25, -0.2) is 0 Å². The minimum Gasteiger partial charge on any atom is -0.490 e. The van der Waals surface area contributed by atoms with Gasteiger partial charge in [0.25, 0.3) is 18.1 Å². The molecular formula is C48H68O13Si2. The molecule has 0 atom stereocenters. The zero-order valence-corrected chi connectivity index (χ0v) is 41.4. The van der Waals surface area contributed by atoms with Crippen LogP contribution in [0.25, 0.3) is 0 Å². The molecule has 13 nitrogen and oxygen atoms in total. The van der Waals surface area contributed by atoms with Crippen LogP contribution in [0.1, 0.15) is 83.1 Å². The molecule has 2 radical (unpaired) electrons. The minimum atomic E-state index is -2.52. The van der Waals surface area contributed by atoms with Crippen LogP contribution >= 0.6 is 0 Å². The molecular weight excluding hydrogens is 841 g/mol. The van der Waals surface area contributed by atoms with Gasteiger partial charge < -0.3 is 61.0 Å². The Labute approximate surface area is 378 Å². The summed E-state index contributed by atoms with van der Waals surface area (Å²) in [5, 5.41) is 3.02. The summed E-state index contributed by atoms with van der Waals surface area (Å²) in [4.78, 5) is 0. The molecule has 0 aliphatic heterocycles. The Balaban J connectivity index is 2.30. The van der Waals surface area contributed by atoms with E-state index in [0.717, 1.165) is 20.7 Å². The van der Waals surface area contributed by atoms with Crippen LogP contribution in [0, 0.1) is 0 Å². The zero-order valence-electron chi connectivity index (χ0n) is 39.4. The van der Waals surface area contributed by atoms with Gasteiger partial charge >= 0.3 is 0 Å². The second kappa shape index (κ2) is 26.5. The van der Waals surface area contributed by atoms with E-state index in [1.807, 2.05) is 132 Å². The predicted octanol–water partition coefficient (Wildman–Crippen LogP) is 7.40. The topological polar surface area (TPSA) is 120 Å².